The van der Waals surface area contributed by atoms with Gasteiger partial charge in [-0.25, -0.2) is 18.6 Å². The van der Waals surface area contributed by atoms with E-state index in [0.29, 0.717) is 5.56 Å². The maximum atomic E-state index is 14.0. The van der Waals surface area contributed by atoms with Crippen LogP contribution in [0.3, 0.4) is 0 Å². The van der Waals surface area contributed by atoms with Gasteiger partial charge >= 0.3 is 6.03 Å². The number of fused-ring (bicyclic) bond motifs is 1. The van der Waals surface area contributed by atoms with Gasteiger partial charge in [-0.3, -0.25) is 4.79 Å². The molecule has 0 saturated heterocycles. The quantitative estimate of drug-likeness (QED) is 0.573. The van der Waals surface area contributed by atoms with Crippen LogP contribution in [0.15, 0.2) is 30.5 Å². The Morgan fingerprint density at radius 1 is 1.41 bits per heavy atom. The summed E-state index contributed by atoms with van der Waals surface area (Å²) in [5.41, 5.74) is 0.379. The van der Waals surface area contributed by atoms with E-state index in [-0.39, 0.29) is 55.3 Å². The van der Waals surface area contributed by atoms with Crippen molar-refractivity contribution in [3.63, 3.8) is 0 Å². The van der Waals surface area contributed by atoms with Crippen LogP contribution in [0.1, 0.15) is 29.8 Å². The minimum atomic E-state index is -0.770. The average Bonchev–Trinajstić information content (AvgIpc) is 2.88. The third-order valence-corrected chi connectivity index (χ3v) is 5.94. The molecule has 1 aliphatic rings. The number of carbonyl (C=O) groups excluding carboxylic acids is 2. The van der Waals surface area contributed by atoms with Gasteiger partial charge < -0.3 is 29.7 Å². The summed E-state index contributed by atoms with van der Waals surface area (Å²) < 4.78 is 38.5. The summed E-state index contributed by atoms with van der Waals surface area (Å²) in [5, 5.41) is 12.1. The Kier molecular flexibility index (Phi) is 9.38. The predicted molar refractivity (Wildman–Crippen MR) is 132 cm³/mol. The standard InChI is InChI=1S/C26H30F2N4O5/c1-16-13-32(17(2)15-33)25(34)20-10-18(6-5-9-36-4)12-29-24(20)37-23(16)14-31(3)26(35)30-22-11-19(27)7-8-21(22)28/h7-8,10-12,16-17,23,33H,9,13-15H2,1-4H3,(H,30,35)/t16-,17+,23+/m0/s1. The zero-order chi connectivity index (χ0) is 27.1. The molecular formula is C26H30F2N4O5. The number of rotatable bonds is 6. The lowest BCUT2D eigenvalue weighted by molar-refractivity contribution is 0.0356. The summed E-state index contributed by atoms with van der Waals surface area (Å²) >= 11 is 0. The molecule has 1 aromatic carbocycles. The Labute approximate surface area is 214 Å². The van der Waals surface area contributed by atoms with Crippen molar-refractivity contribution < 1.29 is 33.0 Å². The maximum Gasteiger partial charge on any atom is 0.321 e. The van der Waals surface area contributed by atoms with Crippen LogP contribution in [-0.4, -0.2) is 84.4 Å². The number of halogens is 2. The van der Waals surface area contributed by atoms with Gasteiger partial charge in [-0.05, 0) is 25.1 Å². The van der Waals surface area contributed by atoms with Gasteiger partial charge in [0, 0.05) is 44.4 Å². The van der Waals surface area contributed by atoms with Crippen molar-refractivity contribution in [3.05, 3.63) is 53.2 Å². The number of aliphatic hydroxyl groups is 1. The molecule has 0 radical (unpaired) electrons. The SMILES string of the molecule is COCC#Cc1cnc2c(c1)C(=O)N([C@H](C)CO)C[C@H](C)[C@@H](CN(C)C(=O)Nc1cc(F)ccc1F)O2. The number of hydrogen-bond donors (Lipinski definition) is 2. The number of pyridine rings is 1. The minimum Gasteiger partial charge on any atom is -0.472 e. The van der Waals surface area contributed by atoms with Crippen molar-refractivity contribution in [2.24, 2.45) is 5.92 Å². The van der Waals surface area contributed by atoms with Crippen LogP contribution in [0.4, 0.5) is 19.3 Å². The number of ether oxygens (including phenoxy) is 2. The highest BCUT2D eigenvalue weighted by atomic mass is 19.1. The predicted octanol–water partition coefficient (Wildman–Crippen LogP) is 2.74. The fourth-order valence-electron chi connectivity index (χ4n) is 3.76. The van der Waals surface area contributed by atoms with Crippen molar-refractivity contribution in [1.82, 2.24) is 14.8 Å². The molecule has 37 heavy (non-hydrogen) atoms. The second-order valence-corrected chi connectivity index (χ2v) is 8.87. The summed E-state index contributed by atoms with van der Waals surface area (Å²) in [6.07, 6.45) is 0.854. The normalized spacial score (nSPS) is 17.9. The smallest absolute Gasteiger partial charge is 0.321 e. The van der Waals surface area contributed by atoms with Crippen LogP contribution in [-0.2, 0) is 4.74 Å². The highest BCUT2D eigenvalue weighted by molar-refractivity contribution is 5.97. The zero-order valence-electron chi connectivity index (χ0n) is 21.1. The zero-order valence-corrected chi connectivity index (χ0v) is 21.1. The second kappa shape index (κ2) is 12.5. The van der Waals surface area contributed by atoms with Crippen molar-refractivity contribution in [2.75, 3.05) is 45.8 Å². The molecule has 2 N–H and O–H groups in total. The van der Waals surface area contributed by atoms with Crippen molar-refractivity contribution in [3.8, 4) is 17.7 Å². The van der Waals surface area contributed by atoms with E-state index >= 15 is 0 Å². The first-order chi connectivity index (χ1) is 17.6. The molecule has 11 heteroatoms. The first kappa shape index (κ1) is 27.8. The summed E-state index contributed by atoms with van der Waals surface area (Å²) in [6, 6.07) is 3.19. The Morgan fingerprint density at radius 3 is 2.86 bits per heavy atom. The number of nitrogens with one attached hydrogen (secondary N) is 1. The van der Waals surface area contributed by atoms with Crippen LogP contribution < -0.4 is 10.1 Å². The number of nitrogens with zero attached hydrogens (tertiary/aromatic N) is 3. The number of anilines is 1. The Hall–Kier alpha value is -3.75. The third kappa shape index (κ3) is 6.93. The molecule has 3 amide bonds. The number of hydrogen-bond acceptors (Lipinski definition) is 6. The lowest BCUT2D eigenvalue weighted by atomic mass is 10.00. The summed E-state index contributed by atoms with van der Waals surface area (Å²) in [4.78, 5) is 33.3. The van der Waals surface area contributed by atoms with Crippen LogP contribution in [0.2, 0.25) is 0 Å². The maximum absolute atomic E-state index is 14.0. The van der Waals surface area contributed by atoms with Crippen LogP contribution in [0, 0.1) is 29.4 Å². The van der Waals surface area contributed by atoms with Crippen molar-refractivity contribution in [1.29, 1.82) is 0 Å². The first-order valence-electron chi connectivity index (χ1n) is 11.7. The molecule has 0 saturated carbocycles. The van der Waals surface area contributed by atoms with E-state index in [1.807, 2.05) is 6.92 Å². The first-order valence-corrected chi connectivity index (χ1v) is 11.7. The average molecular weight is 517 g/mol. The van der Waals surface area contributed by atoms with Crippen molar-refractivity contribution in [2.45, 2.75) is 26.0 Å². The largest absolute Gasteiger partial charge is 0.472 e. The molecule has 2 heterocycles. The van der Waals surface area contributed by atoms with E-state index in [9.17, 15) is 23.5 Å². The molecule has 3 rings (SSSR count). The monoisotopic (exact) mass is 516 g/mol. The molecule has 9 nitrogen and oxygen atoms in total. The molecule has 0 unspecified atom stereocenters. The van der Waals surface area contributed by atoms with E-state index < -0.39 is 29.8 Å². The molecule has 198 valence electrons. The van der Waals surface area contributed by atoms with Gasteiger partial charge in [-0.15, -0.1) is 0 Å². The van der Waals surface area contributed by atoms with Crippen LogP contribution in [0.5, 0.6) is 5.88 Å². The van der Waals surface area contributed by atoms with Crippen LogP contribution in [0.25, 0.3) is 0 Å². The molecule has 2 aromatic rings. The van der Waals surface area contributed by atoms with Gasteiger partial charge in [-0.2, -0.15) is 0 Å². The highest BCUT2D eigenvalue weighted by Crippen LogP contribution is 2.27. The molecule has 3 atom stereocenters. The molecule has 0 spiro atoms. The number of aliphatic hydroxyl groups excluding tert-OH is 1. The minimum absolute atomic E-state index is 0.0516. The number of methoxy groups -OCH3 is 1. The van der Waals surface area contributed by atoms with Crippen LogP contribution >= 0.6 is 0 Å². The van der Waals surface area contributed by atoms with Crippen molar-refractivity contribution >= 4 is 17.6 Å². The molecule has 1 aromatic heterocycles. The molecule has 0 aliphatic carbocycles. The Morgan fingerprint density at radius 2 is 2.16 bits per heavy atom. The van der Waals surface area contributed by atoms with E-state index in [2.05, 4.69) is 22.1 Å². The van der Waals surface area contributed by atoms with E-state index in [4.69, 9.17) is 9.47 Å². The lowest BCUT2D eigenvalue weighted by Gasteiger charge is -2.37. The topological polar surface area (TPSA) is 104 Å². The molecule has 0 fully saturated rings. The Bertz CT molecular complexity index is 1200. The summed E-state index contributed by atoms with van der Waals surface area (Å²) in [6.45, 7) is 3.83. The third-order valence-electron chi connectivity index (χ3n) is 5.94. The van der Waals surface area contributed by atoms with Gasteiger partial charge in [0.2, 0.25) is 5.88 Å². The van der Waals surface area contributed by atoms with Gasteiger partial charge in [0.05, 0.1) is 24.9 Å². The highest BCUT2D eigenvalue weighted by Gasteiger charge is 2.34. The number of amides is 3. The number of carbonyl (C=O) groups is 2. The molecule has 0 bridgehead atoms. The summed E-state index contributed by atoms with van der Waals surface area (Å²) in [5.74, 6) is 3.65. The lowest BCUT2D eigenvalue weighted by Crippen LogP contribution is -2.50. The fraction of sp³-hybridized carbons (Fsp3) is 0.423. The number of aromatic nitrogens is 1. The van der Waals surface area contributed by atoms with E-state index in [0.717, 1.165) is 18.2 Å². The van der Waals surface area contributed by atoms with E-state index in [1.165, 1.54) is 30.2 Å². The second-order valence-electron chi connectivity index (χ2n) is 8.87. The van der Waals surface area contributed by atoms with Gasteiger partial charge in [-0.1, -0.05) is 18.8 Å². The Balaban J connectivity index is 1.88. The summed E-state index contributed by atoms with van der Waals surface area (Å²) in [7, 11) is 3.01. The number of benzene rings is 1. The fourth-order valence-corrected chi connectivity index (χ4v) is 3.76. The van der Waals surface area contributed by atoms with Gasteiger partial charge in [0.25, 0.3) is 5.91 Å². The van der Waals surface area contributed by atoms with E-state index in [1.54, 1.807) is 13.0 Å². The molecule has 1 aliphatic heterocycles. The van der Waals surface area contributed by atoms with Gasteiger partial charge in [0.1, 0.15) is 29.9 Å². The molecular weight excluding hydrogens is 486 g/mol. The number of urea groups is 1. The van der Waals surface area contributed by atoms with Gasteiger partial charge in [0.15, 0.2) is 0 Å². The number of likely N-dealkylation sites (N-methyl/N-ethyl adjacent to an activating group) is 1.